The molecule has 8 aromatic rings. The summed E-state index contributed by atoms with van der Waals surface area (Å²) in [4.78, 5) is 49.6. The van der Waals surface area contributed by atoms with E-state index in [9.17, 15) is 54.3 Å². The van der Waals surface area contributed by atoms with E-state index in [1.807, 2.05) is 48.5 Å². The number of esters is 4. The van der Waals surface area contributed by atoms with Gasteiger partial charge in [0.1, 0.15) is 0 Å². The smallest absolute Gasteiger partial charge is 0.343 e. The van der Waals surface area contributed by atoms with E-state index in [1.54, 1.807) is 48.5 Å². The molecule has 134 heavy (non-hydrogen) atoms. The molecular weight excluding hydrogens is 1710 g/mol. The highest BCUT2D eigenvalue weighted by molar-refractivity contribution is 5.93. The van der Waals surface area contributed by atoms with E-state index in [2.05, 4.69) is 55.4 Å². The second-order valence-electron chi connectivity index (χ2n) is 34.9. The van der Waals surface area contributed by atoms with Crippen LogP contribution in [0.25, 0.3) is 0 Å². The SMILES string of the molecule is CCCCCCCCCc1ccc(C(=O)Oc2ccc(OCCCCCCCC)c(F)c2F)cc1.CCCCCCCCOc1ccc(OC(=O)c2ccc(CCCCCC)cc2)c(F)c1F.CCCCCCCCOc1ccc(OC(=O)c2ccc(CCCCCCC)cc2)c(F)c1F.CCCCCCCCOc1ccc(OC(=O)c2ccc(CCCCCCCC)cc2)c(F)c1F. The first-order valence-corrected chi connectivity index (χ1v) is 50.9. The predicted octanol–water partition coefficient (Wildman–Crippen LogP) is 34.5. The molecule has 0 atom stereocenters. The molecule has 0 spiro atoms. The molecule has 0 bridgehead atoms. The average molecular weight is 1870 g/mol. The lowest BCUT2D eigenvalue weighted by molar-refractivity contribution is 0.0717. The zero-order chi connectivity index (χ0) is 97.0. The van der Waals surface area contributed by atoms with Gasteiger partial charge < -0.3 is 37.9 Å². The van der Waals surface area contributed by atoms with Gasteiger partial charge in [0.2, 0.25) is 46.5 Å². The Morgan fingerprint density at radius 1 is 0.172 bits per heavy atom. The van der Waals surface area contributed by atoms with Crippen molar-refractivity contribution in [2.45, 2.75) is 376 Å². The number of carbonyl (C=O) groups excluding carboxylic acids is 4. The van der Waals surface area contributed by atoms with Crippen LogP contribution >= 0.6 is 0 Å². The first-order valence-electron chi connectivity index (χ1n) is 50.9. The van der Waals surface area contributed by atoms with Gasteiger partial charge in [-0.2, -0.15) is 35.1 Å². The third-order valence-corrected chi connectivity index (χ3v) is 23.4. The highest BCUT2D eigenvalue weighted by Gasteiger charge is 2.25. The van der Waals surface area contributed by atoms with Crippen molar-refractivity contribution in [3.05, 3.63) is 237 Å². The van der Waals surface area contributed by atoms with Gasteiger partial charge in [-0.1, -0.05) is 348 Å². The summed E-state index contributed by atoms with van der Waals surface area (Å²) in [6, 6.07) is 38.6. The molecule has 0 saturated carbocycles. The number of unbranched alkanes of at least 4 members (excludes halogenated alkanes) is 38. The standard InChI is InChI=1S/C30H42F2O3.C29H40F2O3.C28H38F2O3.C27H36F2O3/c1-3-5-7-9-11-12-14-16-24-17-19-25(20-18-24)30(33)35-27-22-21-26(28(31)29(27)32)34-23-15-13-10-8-6-4-2;1-3-5-7-9-11-13-15-23-16-18-24(19-17-23)29(32)34-26-21-20-25(27(30)28(26)31)33-22-14-12-10-8-6-4-2;1-3-5-7-9-11-13-21-32-24-19-20-25(27(30)26(24)29)33-28(31)23-17-15-22(16-18-23)14-12-10-8-6-4-2;1-3-5-7-9-10-12-20-31-23-18-19-24(26(29)25(23)28)32-27(30)22-16-14-21(15-17-22)13-11-8-6-4-2/h17-22H,3-16,23H2,1-2H3;16-21H,3-15,22H2,1-2H3;15-20H,3-14,21H2,1-2H3;14-19H,3-13,20H2,1-2H3. The summed E-state index contributed by atoms with van der Waals surface area (Å²) in [5.41, 5.74) is 5.79. The number of aryl methyl sites for hydroxylation is 4. The molecule has 740 valence electrons. The molecule has 0 fully saturated rings. The van der Waals surface area contributed by atoms with Gasteiger partial charge in [0.05, 0.1) is 48.7 Å². The lowest BCUT2D eigenvalue weighted by Gasteiger charge is -2.11. The van der Waals surface area contributed by atoms with Gasteiger partial charge in [0.15, 0.2) is 46.0 Å². The highest BCUT2D eigenvalue weighted by Crippen LogP contribution is 2.34. The summed E-state index contributed by atoms with van der Waals surface area (Å²) in [6.45, 7) is 18.7. The van der Waals surface area contributed by atoms with Gasteiger partial charge in [-0.15, -0.1) is 0 Å². The number of benzene rings is 8. The Kier molecular flexibility index (Phi) is 61.5. The van der Waals surface area contributed by atoms with E-state index in [0.29, 0.717) is 48.7 Å². The molecule has 12 nitrogen and oxygen atoms in total. The Morgan fingerprint density at radius 3 is 0.478 bits per heavy atom. The summed E-state index contributed by atoms with van der Waals surface area (Å²) in [6.07, 6.45) is 56.6. The van der Waals surface area contributed by atoms with Crippen LogP contribution in [0.15, 0.2) is 146 Å². The molecule has 0 aliphatic heterocycles. The molecule has 8 aromatic carbocycles. The van der Waals surface area contributed by atoms with Gasteiger partial charge >= 0.3 is 23.9 Å². The monoisotopic (exact) mass is 1870 g/mol. The summed E-state index contributed by atoms with van der Waals surface area (Å²) in [5, 5.41) is 0. The fraction of sp³-hybridized carbons (Fsp3) is 0.544. The topological polar surface area (TPSA) is 142 Å². The van der Waals surface area contributed by atoms with Crippen LogP contribution in [-0.2, 0) is 25.7 Å². The van der Waals surface area contributed by atoms with E-state index in [1.165, 1.54) is 241 Å². The van der Waals surface area contributed by atoms with E-state index in [0.717, 1.165) is 151 Å². The van der Waals surface area contributed by atoms with Crippen LogP contribution in [0, 0.1) is 46.5 Å². The van der Waals surface area contributed by atoms with Crippen molar-refractivity contribution >= 4 is 23.9 Å². The minimum atomic E-state index is -1.22. The van der Waals surface area contributed by atoms with E-state index >= 15 is 0 Å². The maximum atomic E-state index is 14.5. The van der Waals surface area contributed by atoms with Crippen LogP contribution in [0.4, 0.5) is 35.1 Å². The number of hydrogen-bond donors (Lipinski definition) is 0. The van der Waals surface area contributed by atoms with Crippen LogP contribution in [-0.4, -0.2) is 50.3 Å². The molecule has 0 aromatic heterocycles. The largest absolute Gasteiger partial charge is 0.490 e. The van der Waals surface area contributed by atoms with Crippen LogP contribution in [0.1, 0.15) is 414 Å². The molecule has 0 saturated heterocycles. The molecule has 20 heteroatoms. The Bertz CT molecular complexity index is 4500. The van der Waals surface area contributed by atoms with Crippen LogP contribution in [0.3, 0.4) is 0 Å². The van der Waals surface area contributed by atoms with Gasteiger partial charge in [-0.05, 0) is 196 Å². The van der Waals surface area contributed by atoms with Gasteiger partial charge in [-0.25, -0.2) is 19.2 Å². The van der Waals surface area contributed by atoms with Crippen molar-refractivity contribution in [3.63, 3.8) is 0 Å². The molecule has 0 aliphatic carbocycles. The Hall–Kier alpha value is -9.72. The molecule has 0 aliphatic rings. The molecular formula is C114H156F8O12. The lowest BCUT2D eigenvalue weighted by atomic mass is 10.0. The van der Waals surface area contributed by atoms with Gasteiger partial charge in [0.25, 0.3) is 0 Å². The minimum absolute atomic E-state index is 0.162. The fourth-order valence-electron chi connectivity index (χ4n) is 15.0. The van der Waals surface area contributed by atoms with Crippen LogP contribution < -0.4 is 37.9 Å². The van der Waals surface area contributed by atoms with Gasteiger partial charge in [0, 0.05) is 0 Å². The van der Waals surface area contributed by atoms with Crippen molar-refractivity contribution in [3.8, 4) is 46.0 Å². The zero-order valence-electron chi connectivity index (χ0n) is 82.0. The van der Waals surface area contributed by atoms with Crippen molar-refractivity contribution in [1.82, 2.24) is 0 Å². The van der Waals surface area contributed by atoms with Crippen molar-refractivity contribution in [2.75, 3.05) is 26.4 Å². The van der Waals surface area contributed by atoms with Crippen molar-refractivity contribution < 1.29 is 92.2 Å². The van der Waals surface area contributed by atoms with E-state index < -0.39 is 93.4 Å². The Balaban J connectivity index is 0.000000316. The number of carbonyl (C=O) groups is 4. The minimum Gasteiger partial charge on any atom is -0.490 e. The summed E-state index contributed by atoms with van der Waals surface area (Å²) in [7, 11) is 0. The third kappa shape index (κ3) is 46.7. The number of ether oxygens (including phenoxy) is 8. The summed E-state index contributed by atoms with van der Waals surface area (Å²) < 4.78 is 157. The molecule has 8 rings (SSSR count). The second kappa shape index (κ2) is 71.8. The maximum absolute atomic E-state index is 14.5. The molecule has 0 heterocycles. The van der Waals surface area contributed by atoms with Crippen molar-refractivity contribution in [1.29, 1.82) is 0 Å². The highest BCUT2D eigenvalue weighted by atomic mass is 19.2. The summed E-state index contributed by atoms with van der Waals surface area (Å²) >= 11 is 0. The lowest BCUT2D eigenvalue weighted by Crippen LogP contribution is -2.10. The number of halogens is 8. The molecule has 0 amide bonds. The van der Waals surface area contributed by atoms with E-state index in [4.69, 9.17) is 37.9 Å². The first-order chi connectivity index (χ1) is 65.2. The average Bonchev–Trinajstić information content (AvgIpc) is 0.835. The molecule has 0 radical (unpaired) electrons. The summed E-state index contributed by atoms with van der Waals surface area (Å²) in [5.74, 6) is -14.7. The molecule has 0 N–H and O–H groups in total. The van der Waals surface area contributed by atoms with Crippen molar-refractivity contribution in [2.24, 2.45) is 0 Å². The normalized spacial score (nSPS) is 10.9. The van der Waals surface area contributed by atoms with E-state index in [-0.39, 0.29) is 23.0 Å². The predicted molar refractivity (Wildman–Crippen MR) is 526 cm³/mol. The van der Waals surface area contributed by atoms with Gasteiger partial charge in [-0.3, -0.25) is 0 Å². The van der Waals surface area contributed by atoms with Crippen LogP contribution in [0.2, 0.25) is 0 Å². The Morgan fingerprint density at radius 2 is 0.306 bits per heavy atom. The number of hydrogen-bond acceptors (Lipinski definition) is 12. The molecule has 0 unspecified atom stereocenters. The van der Waals surface area contributed by atoms with Crippen LogP contribution in [0.5, 0.6) is 46.0 Å². The fourth-order valence-corrected chi connectivity index (χ4v) is 15.0. The Labute approximate surface area is 797 Å². The second-order valence-corrected chi connectivity index (χ2v) is 34.9. The third-order valence-electron chi connectivity index (χ3n) is 23.4. The number of rotatable bonds is 66. The maximum Gasteiger partial charge on any atom is 0.343 e. The quantitative estimate of drug-likeness (QED) is 0.0155. The first kappa shape index (κ1) is 115. The zero-order valence-corrected chi connectivity index (χ0v) is 82.0.